The molecule has 4 nitrogen and oxygen atoms in total. The number of halogens is 1. The molecule has 0 aliphatic carbocycles. The van der Waals surface area contributed by atoms with Gasteiger partial charge < -0.3 is 5.11 Å². The van der Waals surface area contributed by atoms with Gasteiger partial charge in [0.05, 0.1) is 12.3 Å². The Bertz CT molecular complexity index is 431. The molecule has 1 aliphatic heterocycles. The van der Waals surface area contributed by atoms with Crippen LogP contribution in [0.3, 0.4) is 0 Å². The third-order valence-electron chi connectivity index (χ3n) is 2.64. The molecule has 0 spiro atoms. The van der Waals surface area contributed by atoms with Crippen molar-refractivity contribution in [3.8, 4) is 0 Å². The molecule has 0 aromatic carbocycles. The molecule has 0 amide bonds. The summed E-state index contributed by atoms with van der Waals surface area (Å²) in [6.45, 7) is 2.56. The minimum atomic E-state index is -0.105. The normalized spacial score (nSPS) is 15.3. The van der Waals surface area contributed by atoms with Crippen molar-refractivity contribution in [1.82, 2.24) is 9.97 Å². The molecule has 0 saturated carbocycles. The Kier molecular flexibility index (Phi) is 3.51. The van der Waals surface area contributed by atoms with E-state index < -0.39 is 0 Å². The van der Waals surface area contributed by atoms with Gasteiger partial charge >= 0.3 is 0 Å². The summed E-state index contributed by atoms with van der Waals surface area (Å²) < 4.78 is 0. The lowest BCUT2D eigenvalue weighted by atomic mass is 10.1. The zero-order valence-corrected chi connectivity index (χ0v) is 9.96. The van der Waals surface area contributed by atoms with E-state index in [2.05, 4.69) is 15.0 Å². The molecule has 0 saturated heterocycles. The first-order valence-electron chi connectivity index (χ1n) is 5.35. The summed E-state index contributed by atoms with van der Waals surface area (Å²) in [7, 11) is 0. The Hall–Kier alpha value is -1.00. The van der Waals surface area contributed by atoms with Crippen LogP contribution in [0.5, 0.6) is 0 Å². The van der Waals surface area contributed by atoms with Crippen molar-refractivity contribution in [2.24, 2.45) is 4.99 Å². The predicted molar refractivity (Wildman–Crippen MR) is 62.9 cm³/mol. The van der Waals surface area contributed by atoms with Gasteiger partial charge in [0, 0.05) is 24.2 Å². The average Bonchev–Trinajstić information content (AvgIpc) is 2.74. The standard InChI is InChI=1S/C11H14ClN3O/c1-7-14-10(6-16)9(11(12)15-7)5-8-3-2-4-13-8/h16H,2-6H2,1H3. The maximum absolute atomic E-state index is 9.25. The van der Waals surface area contributed by atoms with Crippen LogP contribution in [0.1, 0.15) is 29.9 Å². The molecule has 1 aromatic heterocycles. The van der Waals surface area contributed by atoms with Gasteiger partial charge in [-0.05, 0) is 19.8 Å². The van der Waals surface area contributed by atoms with Gasteiger partial charge in [-0.3, -0.25) is 4.99 Å². The van der Waals surface area contributed by atoms with E-state index in [1.165, 1.54) is 0 Å². The fraction of sp³-hybridized carbons (Fsp3) is 0.545. The van der Waals surface area contributed by atoms with E-state index in [-0.39, 0.29) is 6.61 Å². The molecular weight excluding hydrogens is 226 g/mol. The predicted octanol–water partition coefficient (Wildman–Crippen LogP) is 1.71. The number of aromatic nitrogens is 2. The van der Waals surface area contributed by atoms with Crippen molar-refractivity contribution >= 4 is 17.3 Å². The van der Waals surface area contributed by atoms with Gasteiger partial charge in [-0.15, -0.1) is 0 Å². The zero-order valence-electron chi connectivity index (χ0n) is 9.20. The fourth-order valence-electron chi connectivity index (χ4n) is 1.87. The second-order valence-corrected chi connectivity index (χ2v) is 4.23. The Morgan fingerprint density at radius 1 is 1.38 bits per heavy atom. The van der Waals surface area contributed by atoms with E-state index >= 15 is 0 Å². The lowest BCUT2D eigenvalue weighted by Crippen LogP contribution is -2.08. The van der Waals surface area contributed by atoms with Gasteiger partial charge in [0.15, 0.2) is 0 Å². The quantitative estimate of drug-likeness (QED) is 0.817. The van der Waals surface area contributed by atoms with E-state index in [0.29, 0.717) is 23.1 Å². The summed E-state index contributed by atoms with van der Waals surface area (Å²) in [6, 6.07) is 0. The summed E-state index contributed by atoms with van der Waals surface area (Å²) >= 11 is 6.07. The number of aliphatic imine (C=N–C) groups is 1. The Morgan fingerprint density at radius 2 is 2.19 bits per heavy atom. The topological polar surface area (TPSA) is 58.4 Å². The van der Waals surface area contributed by atoms with Gasteiger partial charge in [-0.25, -0.2) is 9.97 Å². The highest BCUT2D eigenvalue weighted by Gasteiger charge is 2.15. The number of hydrogen-bond acceptors (Lipinski definition) is 4. The molecule has 5 heteroatoms. The first-order valence-corrected chi connectivity index (χ1v) is 5.73. The van der Waals surface area contributed by atoms with Crippen LogP contribution in [0.4, 0.5) is 0 Å². The SMILES string of the molecule is Cc1nc(Cl)c(CC2=NCCC2)c(CO)n1. The van der Waals surface area contributed by atoms with Gasteiger partial charge in [0.25, 0.3) is 0 Å². The fourth-order valence-corrected chi connectivity index (χ4v) is 2.17. The Labute approximate surface area is 99.4 Å². The average molecular weight is 240 g/mol. The zero-order chi connectivity index (χ0) is 11.5. The van der Waals surface area contributed by atoms with Crippen LogP contribution in [0.15, 0.2) is 4.99 Å². The maximum atomic E-state index is 9.25. The third-order valence-corrected chi connectivity index (χ3v) is 2.96. The Morgan fingerprint density at radius 3 is 2.81 bits per heavy atom. The minimum absolute atomic E-state index is 0.105. The molecule has 2 heterocycles. The van der Waals surface area contributed by atoms with Crippen molar-refractivity contribution in [2.75, 3.05) is 6.54 Å². The van der Waals surface area contributed by atoms with Crippen LogP contribution < -0.4 is 0 Å². The highest BCUT2D eigenvalue weighted by Crippen LogP contribution is 2.20. The summed E-state index contributed by atoms with van der Waals surface area (Å²) in [6.07, 6.45) is 2.78. The lowest BCUT2D eigenvalue weighted by Gasteiger charge is -2.09. The van der Waals surface area contributed by atoms with Crippen LogP contribution in [-0.4, -0.2) is 27.3 Å². The molecule has 16 heavy (non-hydrogen) atoms. The lowest BCUT2D eigenvalue weighted by molar-refractivity contribution is 0.275. The highest BCUT2D eigenvalue weighted by atomic mass is 35.5. The summed E-state index contributed by atoms with van der Waals surface area (Å²) in [4.78, 5) is 12.7. The van der Waals surface area contributed by atoms with Crippen molar-refractivity contribution < 1.29 is 5.11 Å². The molecule has 0 unspecified atom stereocenters. The largest absolute Gasteiger partial charge is 0.390 e. The first kappa shape index (κ1) is 11.5. The monoisotopic (exact) mass is 239 g/mol. The summed E-state index contributed by atoms with van der Waals surface area (Å²) in [5.41, 5.74) is 2.56. The van der Waals surface area contributed by atoms with E-state index in [4.69, 9.17) is 11.6 Å². The van der Waals surface area contributed by atoms with Gasteiger partial charge in [-0.1, -0.05) is 11.6 Å². The van der Waals surface area contributed by atoms with Crippen LogP contribution in [0, 0.1) is 6.92 Å². The van der Waals surface area contributed by atoms with E-state index in [9.17, 15) is 5.11 Å². The van der Waals surface area contributed by atoms with E-state index in [1.807, 2.05) is 0 Å². The molecule has 0 fully saturated rings. The second-order valence-electron chi connectivity index (χ2n) is 3.87. The number of aliphatic hydroxyl groups excluding tert-OH is 1. The smallest absolute Gasteiger partial charge is 0.136 e. The maximum Gasteiger partial charge on any atom is 0.136 e. The number of aryl methyl sites for hydroxylation is 1. The van der Waals surface area contributed by atoms with Crippen molar-refractivity contribution in [1.29, 1.82) is 0 Å². The second kappa shape index (κ2) is 4.89. The van der Waals surface area contributed by atoms with Crippen LogP contribution in [0.25, 0.3) is 0 Å². The van der Waals surface area contributed by atoms with Gasteiger partial charge in [-0.2, -0.15) is 0 Å². The summed E-state index contributed by atoms with van der Waals surface area (Å²) in [5.74, 6) is 0.589. The molecule has 0 atom stereocenters. The van der Waals surface area contributed by atoms with Crippen LogP contribution >= 0.6 is 11.6 Å². The minimum Gasteiger partial charge on any atom is -0.390 e. The third kappa shape index (κ3) is 2.39. The molecule has 0 radical (unpaired) electrons. The molecular formula is C11H14ClN3O. The van der Waals surface area contributed by atoms with Crippen molar-refractivity contribution in [3.05, 3.63) is 22.2 Å². The number of aliphatic hydroxyl groups is 1. The van der Waals surface area contributed by atoms with Crippen molar-refractivity contribution in [3.63, 3.8) is 0 Å². The van der Waals surface area contributed by atoms with Crippen LogP contribution in [-0.2, 0) is 13.0 Å². The highest BCUT2D eigenvalue weighted by molar-refractivity contribution is 6.30. The number of rotatable bonds is 3. The first-order chi connectivity index (χ1) is 7.70. The molecule has 1 aliphatic rings. The number of nitrogens with zero attached hydrogens (tertiary/aromatic N) is 3. The molecule has 0 bridgehead atoms. The van der Waals surface area contributed by atoms with E-state index in [1.54, 1.807) is 6.92 Å². The van der Waals surface area contributed by atoms with E-state index in [0.717, 1.165) is 30.7 Å². The van der Waals surface area contributed by atoms with Gasteiger partial charge in [0.2, 0.25) is 0 Å². The van der Waals surface area contributed by atoms with Crippen molar-refractivity contribution in [2.45, 2.75) is 32.8 Å². The van der Waals surface area contributed by atoms with Gasteiger partial charge in [0.1, 0.15) is 11.0 Å². The molecule has 2 rings (SSSR count). The molecule has 1 aromatic rings. The molecule has 86 valence electrons. The molecule has 1 N–H and O–H groups in total. The summed E-state index contributed by atoms with van der Waals surface area (Å²) in [5, 5.41) is 9.69. The van der Waals surface area contributed by atoms with Crippen LogP contribution in [0.2, 0.25) is 5.15 Å². The Balaban J connectivity index is 2.31. The number of hydrogen-bond donors (Lipinski definition) is 1.